The van der Waals surface area contributed by atoms with Crippen LogP contribution in [0.5, 0.6) is 0 Å². The summed E-state index contributed by atoms with van der Waals surface area (Å²) in [5.41, 5.74) is -11.3. The maximum Gasteiger partial charge on any atom is 0.477 e. The van der Waals surface area contributed by atoms with E-state index in [0.717, 1.165) is 21.3 Å². The van der Waals surface area contributed by atoms with Crippen molar-refractivity contribution in [2.45, 2.75) is 25.2 Å². The summed E-state index contributed by atoms with van der Waals surface area (Å²) in [7, 11) is 0. The van der Waals surface area contributed by atoms with E-state index in [4.69, 9.17) is 0 Å². The Labute approximate surface area is 306 Å². The summed E-state index contributed by atoms with van der Waals surface area (Å²) in [5, 5.41) is 139. The molecule has 0 aliphatic carbocycles. The van der Waals surface area contributed by atoms with Gasteiger partial charge in [-0.25, -0.2) is 40.5 Å². The third-order valence-electron chi connectivity index (χ3n) is 7.82. The molecule has 8 N–H and O–H groups in total. The molecule has 4 aliphatic rings. The fraction of sp³-hybridized carbons (Fsp3) is 0.333. The van der Waals surface area contributed by atoms with Gasteiger partial charge in [-0.1, -0.05) is 0 Å². The summed E-state index contributed by atoms with van der Waals surface area (Å²) in [6.07, 6.45) is -21.4. The first kappa shape index (κ1) is 42.6. The molecule has 312 valence electrons. The van der Waals surface area contributed by atoms with Gasteiger partial charge >= 0.3 is 48.4 Å². The van der Waals surface area contributed by atoms with E-state index in [1.165, 1.54) is 0 Å². The Morgan fingerprint density at radius 3 is 0.603 bits per heavy atom. The predicted octanol–water partition coefficient (Wildman–Crippen LogP) is -5.62. The van der Waals surface area contributed by atoms with Crippen LogP contribution in [0, 0.1) is 121 Å². The van der Waals surface area contributed by atoms with Crippen LogP contribution in [0.25, 0.3) is 0 Å². The summed E-state index contributed by atoms with van der Waals surface area (Å²) >= 11 is 0. The molecule has 4 aliphatic heterocycles. The number of hydrogen-bond acceptors (Lipinski definition) is 28. The highest BCUT2D eigenvalue weighted by Crippen LogP contribution is 2.52. The smallest absolute Gasteiger partial charge is 0.369 e. The first-order chi connectivity index (χ1) is 26.3. The van der Waals surface area contributed by atoms with E-state index < -0.39 is 157 Å². The average Bonchev–Trinajstić information content (AvgIpc) is 3.86. The fourth-order valence-corrected chi connectivity index (χ4v) is 6.24. The third-order valence-corrected chi connectivity index (χ3v) is 7.82. The molecule has 4 rings (SSSR count). The highest BCUT2D eigenvalue weighted by atomic mass is 16.7. The summed E-state index contributed by atoms with van der Waals surface area (Å²) in [6, 6.07) is 0. The second-order valence-electron chi connectivity index (χ2n) is 10.4. The number of nitrogens with zero attached hydrogens (tertiary/aromatic N) is 16. The quantitative estimate of drug-likeness (QED) is 0.0549. The van der Waals surface area contributed by atoms with Gasteiger partial charge in [-0.2, -0.15) is 21.3 Å². The van der Waals surface area contributed by atoms with E-state index in [2.05, 4.69) is 0 Å². The average molecular weight is 845 g/mol. The predicted molar refractivity (Wildman–Crippen MR) is 159 cm³/mol. The number of hydrazine groups is 4. The molecule has 4 unspecified atom stereocenters. The number of nitro groups is 12. The second-order valence-corrected chi connectivity index (χ2v) is 10.4. The Morgan fingerprint density at radius 1 is 0.345 bits per heavy atom. The molecule has 0 saturated carbocycles. The van der Waals surface area contributed by atoms with Crippen LogP contribution in [0.4, 0.5) is 0 Å². The zero-order chi connectivity index (χ0) is 43.5. The monoisotopic (exact) mass is 845 g/mol. The van der Waals surface area contributed by atoms with Crippen LogP contribution in [0.2, 0.25) is 0 Å². The largest absolute Gasteiger partial charge is 0.477 e. The van der Waals surface area contributed by atoms with E-state index in [0.29, 0.717) is 0 Å². The lowest BCUT2D eigenvalue weighted by molar-refractivity contribution is -0.724. The van der Waals surface area contributed by atoms with Crippen LogP contribution in [0.3, 0.4) is 0 Å². The second kappa shape index (κ2) is 14.2. The normalized spacial score (nSPS) is 22.2. The Bertz CT molecular complexity index is 1880. The van der Waals surface area contributed by atoms with Crippen LogP contribution in [0.15, 0.2) is 45.7 Å². The molecule has 0 bridgehead atoms. The van der Waals surface area contributed by atoms with Crippen molar-refractivity contribution in [1.82, 2.24) is 47.5 Å². The van der Waals surface area contributed by atoms with E-state index in [-0.39, 0.29) is 6.15 Å². The number of rotatable bonds is 16. The number of nitrogens with one attached hydrogen (secondary N) is 4. The third kappa shape index (κ3) is 5.92. The number of quaternary nitrogens is 1. The minimum atomic E-state index is -6.70. The van der Waals surface area contributed by atoms with Crippen molar-refractivity contribution in [2.24, 2.45) is 0 Å². The van der Waals surface area contributed by atoms with Gasteiger partial charge in [0, 0.05) is 22.4 Å². The molecule has 0 amide bonds. The van der Waals surface area contributed by atoms with Gasteiger partial charge in [-0.15, -0.1) is 0 Å². The Balaban J connectivity index is 0.00000900. The van der Waals surface area contributed by atoms with Crippen molar-refractivity contribution in [2.75, 3.05) is 0 Å². The molecular formula is C12H12BN21O24. The van der Waals surface area contributed by atoms with Gasteiger partial charge in [0.25, 0.3) is 6.15 Å². The number of hydrogen-bond donors (Lipinski definition) is 5. The van der Waals surface area contributed by atoms with E-state index in [1.54, 1.807) is 0 Å². The Morgan fingerprint density at radius 2 is 0.500 bits per heavy atom. The Kier molecular flexibility index (Phi) is 10.4. The summed E-state index contributed by atoms with van der Waals surface area (Å²) in [4.78, 5) is 133. The maximum absolute atomic E-state index is 12.7. The van der Waals surface area contributed by atoms with Crippen molar-refractivity contribution in [1.29, 1.82) is 0 Å². The summed E-state index contributed by atoms with van der Waals surface area (Å²) < 4.78 is 0. The lowest BCUT2D eigenvalue weighted by Gasteiger charge is -2.40. The fourth-order valence-electron chi connectivity index (χ4n) is 6.24. The Hall–Kier alpha value is -9.82. The molecule has 0 spiro atoms. The van der Waals surface area contributed by atoms with Crippen molar-refractivity contribution in [3.63, 3.8) is 0 Å². The van der Waals surface area contributed by atoms with Crippen LogP contribution in [-0.4, -0.2) is 111 Å². The van der Waals surface area contributed by atoms with Gasteiger partial charge in [-0.3, -0.25) is 40.5 Å². The van der Waals surface area contributed by atoms with Gasteiger partial charge in [-0.05, 0) is 39.7 Å². The molecule has 0 aromatic rings. The highest BCUT2D eigenvalue weighted by Gasteiger charge is 2.77. The van der Waals surface area contributed by atoms with Crippen molar-refractivity contribution >= 4 is 6.15 Å². The van der Waals surface area contributed by atoms with Crippen molar-refractivity contribution in [3.8, 4) is 0 Å². The highest BCUT2D eigenvalue weighted by molar-refractivity contribution is 7.03. The zero-order valence-corrected chi connectivity index (χ0v) is 26.8. The first-order valence-corrected chi connectivity index (χ1v) is 13.3. The zero-order valence-electron chi connectivity index (χ0n) is 26.8. The van der Waals surface area contributed by atoms with Gasteiger partial charge in [0.1, 0.15) is 0 Å². The lowest BCUT2D eigenvalue weighted by Crippen LogP contribution is -2.65. The SMILES string of the molecule is O=[N+]([O-])C1=C([B-](C2=C([N+](=O)[O-])NC([N+](=O)[O-])N2[N+](=O)[O-])(C2=C([N+](=O)[O-])NC([N+](=O)[O-])N2[N+](=O)[O-])C2=C([N+](=O)[O-])NC([N+](=O)[O-])N2[N+](=O)[O-])N([N+](=O)[O-])C([N+](=O)[O-])N1.[NH4+]. The standard InChI is InChI=1S/C12H8BN20O24.H3N/c34-22(35)5-1(18(30(50)51)9(14-5)26(42)43)13(2-6(23(36)37)15-10(27(44)45)19(2)31(52)53,3-7(24(38)39)16-11(28(46)47)20(3)32(54)55)4-8(25(40)41)17-12(29(48)49)21(4)33(56)57;/h9-12,14-17H;1H3/q-1;/p+1. The molecule has 45 nitrogen and oxygen atoms in total. The molecule has 0 aromatic heterocycles. The van der Waals surface area contributed by atoms with Crippen LogP contribution >= 0.6 is 0 Å². The van der Waals surface area contributed by atoms with Gasteiger partial charge in [0.15, 0.2) is 20.1 Å². The summed E-state index contributed by atoms with van der Waals surface area (Å²) in [6.45, 7) is 0. The molecule has 46 heteroatoms. The van der Waals surface area contributed by atoms with Crippen LogP contribution < -0.4 is 27.4 Å². The molecule has 58 heavy (non-hydrogen) atoms. The summed E-state index contributed by atoms with van der Waals surface area (Å²) in [5.74, 6) is -10.4. The van der Waals surface area contributed by atoms with E-state index in [9.17, 15) is 121 Å². The van der Waals surface area contributed by atoms with Gasteiger partial charge < -0.3 is 46.6 Å². The van der Waals surface area contributed by atoms with Crippen LogP contribution in [-0.2, 0) is 0 Å². The van der Waals surface area contributed by atoms with E-state index in [1.807, 2.05) is 0 Å². The maximum atomic E-state index is 12.7. The molecule has 4 heterocycles. The van der Waals surface area contributed by atoms with E-state index >= 15 is 0 Å². The van der Waals surface area contributed by atoms with Crippen molar-refractivity contribution < 1.29 is 59.5 Å². The molecule has 0 aromatic carbocycles. The molecule has 4 atom stereocenters. The minimum Gasteiger partial charge on any atom is -0.369 e. The molecule has 0 fully saturated rings. The van der Waals surface area contributed by atoms with Crippen LogP contribution in [0.1, 0.15) is 0 Å². The van der Waals surface area contributed by atoms with Gasteiger partial charge in [0.05, 0.1) is 19.7 Å². The lowest BCUT2D eigenvalue weighted by atomic mass is 9.16. The van der Waals surface area contributed by atoms with Crippen molar-refractivity contribution in [3.05, 3.63) is 167 Å². The topological polar surface area (TPSA) is 615 Å². The minimum absolute atomic E-state index is 0. The first-order valence-electron chi connectivity index (χ1n) is 13.3. The van der Waals surface area contributed by atoms with Gasteiger partial charge in [0.2, 0.25) is 0 Å². The molecule has 0 saturated heterocycles. The molecular weight excluding hydrogens is 833 g/mol. The molecule has 0 radical (unpaired) electrons.